The van der Waals surface area contributed by atoms with Crippen molar-refractivity contribution >= 4 is 0 Å². The second-order valence-corrected chi connectivity index (χ2v) is 5.75. The molecular weight excluding hydrogens is 208 g/mol. The van der Waals surface area contributed by atoms with E-state index in [1.54, 1.807) is 0 Å². The Morgan fingerprint density at radius 3 is 1.65 bits per heavy atom. The zero-order valence-electron chi connectivity index (χ0n) is 12.4. The summed E-state index contributed by atoms with van der Waals surface area (Å²) >= 11 is 0. The number of hydrogen-bond donors (Lipinski definition) is 1. The molecule has 0 radical (unpaired) electrons. The molecule has 104 valence electrons. The van der Waals surface area contributed by atoms with E-state index in [-0.39, 0.29) is 0 Å². The Morgan fingerprint density at radius 2 is 1.18 bits per heavy atom. The molecule has 0 aliphatic heterocycles. The second-order valence-electron chi connectivity index (χ2n) is 5.75. The van der Waals surface area contributed by atoms with Crippen molar-refractivity contribution in [3.8, 4) is 0 Å². The molecule has 0 bridgehead atoms. The van der Waals surface area contributed by atoms with Gasteiger partial charge in [-0.05, 0) is 11.8 Å². The van der Waals surface area contributed by atoms with Crippen LogP contribution in [0.3, 0.4) is 0 Å². The highest BCUT2D eigenvalue weighted by Gasteiger charge is 2.09. The van der Waals surface area contributed by atoms with Crippen molar-refractivity contribution in [2.24, 2.45) is 11.8 Å². The molecule has 1 N–H and O–H groups in total. The van der Waals surface area contributed by atoms with Crippen LogP contribution < -0.4 is 0 Å². The summed E-state index contributed by atoms with van der Waals surface area (Å²) in [5.41, 5.74) is 0. The van der Waals surface area contributed by atoms with E-state index >= 15 is 0 Å². The Bertz CT molecular complexity index is 144. The second kappa shape index (κ2) is 12.4. The van der Waals surface area contributed by atoms with Crippen molar-refractivity contribution < 1.29 is 5.11 Å². The van der Waals surface area contributed by atoms with E-state index in [1.807, 2.05) is 0 Å². The van der Waals surface area contributed by atoms with Crippen LogP contribution in [0.1, 0.15) is 85.0 Å². The molecule has 0 aliphatic rings. The minimum atomic E-state index is 0.346. The van der Waals surface area contributed by atoms with E-state index in [2.05, 4.69) is 20.8 Å². The van der Waals surface area contributed by atoms with Gasteiger partial charge < -0.3 is 5.11 Å². The van der Waals surface area contributed by atoms with Crippen LogP contribution in [0.5, 0.6) is 0 Å². The van der Waals surface area contributed by atoms with Crippen molar-refractivity contribution in [3.63, 3.8) is 0 Å². The van der Waals surface area contributed by atoms with Crippen molar-refractivity contribution in [3.05, 3.63) is 0 Å². The van der Waals surface area contributed by atoms with E-state index in [0.29, 0.717) is 18.4 Å². The maximum Gasteiger partial charge on any atom is 0.0459 e. The lowest BCUT2D eigenvalue weighted by molar-refractivity contribution is 0.188. The lowest BCUT2D eigenvalue weighted by Crippen LogP contribution is -2.11. The molecule has 17 heavy (non-hydrogen) atoms. The van der Waals surface area contributed by atoms with E-state index in [0.717, 1.165) is 0 Å². The maximum absolute atomic E-state index is 9.05. The topological polar surface area (TPSA) is 20.2 Å². The zero-order valence-corrected chi connectivity index (χ0v) is 12.4. The smallest absolute Gasteiger partial charge is 0.0459 e. The van der Waals surface area contributed by atoms with Gasteiger partial charge in [0, 0.05) is 6.61 Å². The van der Waals surface area contributed by atoms with Gasteiger partial charge in [-0.15, -0.1) is 0 Å². The van der Waals surface area contributed by atoms with Gasteiger partial charge in [-0.25, -0.2) is 0 Å². The summed E-state index contributed by atoms with van der Waals surface area (Å²) in [7, 11) is 0. The summed E-state index contributed by atoms with van der Waals surface area (Å²) in [6, 6.07) is 0. The SMILES string of the molecule is CCCCCCCCCCCC(C)C(C)CO. The fourth-order valence-corrected chi connectivity index (χ4v) is 2.24. The molecule has 2 unspecified atom stereocenters. The number of unbranched alkanes of at least 4 members (excludes halogenated alkanes) is 8. The van der Waals surface area contributed by atoms with E-state index < -0.39 is 0 Å². The van der Waals surface area contributed by atoms with E-state index in [1.165, 1.54) is 64.2 Å². The predicted octanol–water partition coefficient (Wildman–Crippen LogP) is 5.17. The van der Waals surface area contributed by atoms with Crippen LogP contribution in [-0.4, -0.2) is 11.7 Å². The van der Waals surface area contributed by atoms with Gasteiger partial charge in [0.2, 0.25) is 0 Å². The average Bonchev–Trinajstić information content (AvgIpc) is 2.35. The van der Waals surface area contributed by atoms with Gasteiger partial charge in [-0.2, -0.15) is 0 Å². The first kappa shape index (κ1) is 17.0. The standard InChI is InChI=1S/C16H34O/c1-4-5-6-7-8-9-10-11-12-13-15(2)16(3)14-17/h15-17H,4-14H2,1-3H3. The summed E-state index contributed by atoms with van der Waals surface area (Å²) in [6.07, 6.45) is 13.9. The summed E-state index contributed by atoms with van der Waals surface area (Å²) in [4.78, 5) is 0. The van der Waals surface area contributed by atoms with Gasteiger partial charge in [0.05, 0.1) is 0 Å². The molecule has 0 rings (SSSR count). The third-order valence-electron chi connectivity index (χ3n) is 4.02. The molecule has 0 spiro atoms. The highest BCUT2D eigenvalue weighted by molar-refractivity contribution is 4.60. The van der Waals surface area contributed by atoms with Gasteiger partial charge in [0.25, 0.3) is 0 Å². The third kappa shape index (κ3) is 10.8. The van der Waals surface area contributed by atoms with Gasteiger partial charge in [0.15, 0.2) is 0 Å². The Morgan fingerprint density at radius 1 is 0.706 bits per heavy atom. The Kier molecular flexibility index (Phi) is 12.4. The van der Waals surface area contributed by atoms with Crippen LogP contribution in [0.25, 0.3) is 0 Å². The predicted molar refractivity (Wildman–Crippen MR) is 77.3 cm³/mol. The minimum absolute atomic E-state index is 0.346. The summed E-state index contributed by atoms with van der Waals surface area (Å²) in [5.74, 6) is 1.16. The largest absolute Gasteiger partial charge is 0.396 e. The van der Waals surface area contributed by atoms with Crippen LogP contribution in [0.2, 0.25) is 0 Å². The molecule has 0 aromatic carbocycles. The Balaban J connectivity index is 3.13. The van der Waals surface area contributed by atoms with Crippen LogP contribution in [0.15, 0.2) is 0 Å². The molecule has 1 heteroatoms. The molecule has 0 saturated carbocycles. The van der Waals surface area contributed by atoms with Crippen LogP contribution >= 0.6 is 0 Å². The number of rotatable bonds is 12. The summed E-state index contributed by atoms with van der Waals surface area (Å²) in [6.45, 7) is 7.04. The first-order chi connectivity index (χ1) is 8.22. The van der Waals surface area contributed by atoms with Crippen LogP contribution in [0.4, 0.5) is 0 Å². The van der Waals surface area contributed by atoms with Crippen molar-refractivity contribution in [1.82, 2.24) is 0 Å². The molecular formula is C16H34O. The first-order valence-electron chi connectivity index (χ1n) is 7.83. The first-order valence-corrected chi connectivity index (χ1v) is 7.83. The van der Waals surface area contributed by atoms with Gasteiger partial charge >= 0.3 is 0 Å². The van der Waals surface area contributed by atoms with E-state index in [4.69, 9.17) is 5.11 Å². The molecule has 0 amide bonds. The van der Waals surface area contributed by atoms with Crippen molar-refractivity contribution in [2.75, 3.05) is 6.61 Å². The molecule has 1 nitrogen and oxygen atoms in total. The molecule has 0 aromatic heterocycles. The fraction of sp³-hybridized carbons (Fsp3) is 1.00. The highest BCUT2D eigenvalue weighted by atomic mass is 16.3. The van der Waals surface area contributed by atoms with E-state index in [9.17, 15) is 0 Å². The molecule has 0 aliphatic carbocycles. The number of hydrogen-bond acceptors (Lipinski definition) is 1. The normalized spacial score (nSPS) is 14.8. The van der Waals surface area contributed by atoms with Gasteiger partial charge in [0.1, 0.15) is 0 Å². The molecule has 0 aromatic rings. The minimum Gasteiger partial charge on any atom is -0.396 e. The Labute approximate surface area is 109 Å². The highest BCUT2D eigenvalue weighted by Crippen LogP contribution is 2.18. The van der Waals surface area contributed by atoms with Crippen LogP contribution in [0, 0.1) is 11.8 Å². The lowest BCUT2D eigenvalue weighted by atomic mass is 9.91. The quantitative estimate of drug-likeness (QED) is 0.468. The van der Waals surface area contributed by atoms with Crippen molar-refractivity contribution in [2.45, 2.75) is 85.0 Å². The van der Waals surface area contributed by atoms with Gasteiger partial charge in [-0.1, -0.05) is 85.0 Å². The summed E-state index contributed by atoms with van der Waals surface area (Å²) in [5, 5.41) is 9.05. The molecule has 2 atom stereocenters. The number of aliphatic hydroxyl groups excluding tert-OH is 1. The molecule has 0 heterocycles. The maximum atomic E-state index is 9.05. The zero-order chi connectivity index (χ0) is 12.9. The molecule has 0 saturated heterocycles. The third-order valence-corrected chi connectivity index (χ3v) is 4.02. The van der Waals surface area contributed by atoms with Crippen LogP contribution in [-0.2, 0) is 0 Å². The Hall–Kier alpha value is -0.0400. The summed E-state index contributed by atoms with van der Waals surface area (Å²) < 4.78 is 0. The average molecular weight is 242 g/mol. The van der Waals surface area contributed by atoms with Crippen molar-refractivity contribution in [1.29, 1.82) is 0 Å². The lowest BCUT2D eigenvalue weighted by Gasteiger charge is -2.17. The number of aliphatic hydroxyl groups is 1. The monoisotopic (exact) mass is 242 g/mol. The molecule has 0 fully saturated rings. The fourth-order valence-electron chi connectivity index (χ4n) is 2.24. The van der Waals surface area contributed by atoms with Gasteiger partial charge in [-0.3, -0.25) is 0 Å².